The van der Waals surface area contributed by atoms with Gasteiger partial charge in [0.2, 0.25) is 5.95 Å². The van der Waals surface area contributed by atoms with Gasteiger partial charge in [-0.2, -0.15) is 0 Å². The molecule has 0 amide bonds. The van der Waals surface area contributed by atoms with Crippen molar-refractivity contribution in [3.8, 4) is 10.6 Å². The summed E-state index contributed by atoms with van der Waals surface area (Å²) < 4.78 is 0. The van der Waals surface area contributed by atoms with Crippen LogP contribution in [0.3, 0.4) is 0 Å². The maximum absolute atomic E-state index is 5.75. The van der Waals surface area contributed by atoms with Gasteiger partial charge in [-0.15, -0.1) is 11.3 Å². The van der Waals surface area contributed by atoms with Crippen molar-refractivity contribution in [3.63, 3.8) is 0 Å². The van der Waals surface area contributed by atoms with Gasteiger partial charge in [0.1, 0.15) is 0 Å². The highest BCUT2D eigenvalue weighted by Gasteiger charge is 2.05. The third kappa shape index (κ3) is 4.05. The summed E-state index contributed by atoms with van der Waals surface area (Å²) in [5.74, 6) is 0.583. The number of aryl methyl sites for hydroxylation is 1. The highest BCUT2D eigenvalue weighted by Crippen LogP contribution is 2.28. The van der Waals surface area contributed by atoms with Gasteiger partial charge in [0, 0.05) is 11.9 Å². The lowest BCUT2D eigenvalue weighted by Gasteiger charge is -2.06. The van der Waals surface area contributed by atoms with Crippen molar-refractivity contribution < 1.29 is 0 Å². The minimum Gasteiger partial charge on any atom is -0.391 e. The summed E-state index contributed by atoms with van der Waals surface area (Å²) in [5, 5.41) is 4.00. The molecule has 22 heavy (non-hydrogen) atoms. The number of benzene rings is 1. The van der Waals surface area contributed by atoms with Crippen LogP contribution in [0.4, 0.5) is 16.6 Å². The summed E-state index contributed by atoms with van der Waals surface area (Å²) >= 11 is 1.52. The SMILES string of the molecule is CC.Cc1cccc(Nc2nccc(-c3ccc(N)s3)n2)c1. The zero-order chi connectivity index (χ0) is 15.9. The zero-order valence-electron chi connectivity index (χ0n) is 13.0. The summed E-state index contributed by atoms with van der Waals surface area (Å²) in [7, 11) is 0. The molecule has 5 heteroatoms. The van der Waals surface area contributed by atoms with Crippen LogP contribution < -0.4 is 11.1 Å². The lowest BCUT2D eigenvalue weighted by Crippen LogP contribution is -1.97. The van der Waals surface area contributed by atoms with E-state index in [2.05, 4.69) is 34.3 Å². The van der Waals surface area contributed by atoms with Crippen LogP contribution in [-0.2, 0) is 0 Å². The Balaban J connectivity index is 0.000000847. The topological polar surface area (TPSA) is 63.8 Å². The van der Waals surface area contributed by atoms with Crippen molar-refractivity contribution in [2.24, 2.45) is 0 Å². The first-order chi connectivity index (χ1) is 10.7. The van der Waals surface area contributed by atoms with Gasteiger partial charge >= 0.3 is 0 Å². The van der Waals surface area contributed by atoms with Gasteiger partial charge in [0.25, 0.3) is 0 Å². The molecule has 2 heterocycles. The first-order valence-corrected chi connectivity index (χ1v) is 8.05. The smallest absolute Gasteiger partial charge is 0.227 e. The Morgan fingerprint density at radius 3 is 2.59 bits per heavy atom. The maximum Gasteiger partial charge on any atom is 0.227 e. The minimum atomic E-state index is 0.583. The second kappa shape index (κ2) is 7.56. The molecule has 3 rings (SSSR count). The summed E-state index contributed by atoms with van der Waals surface area (Å²) in [4.78, 5) is 9.80. The molecule has 3 aromatic rings. The van der Waals surface area contributed by atoms with E-state index in [1.54, 1.807) is 6.20 Å². The van der Waals surface area contributed by atoms with E-state index in [0.717, 1.165) is 21.3 Å². The van der Waals surface area contributed by atoms with Crippen molar-refractivity contribution in [1.29, 1.82) is 0 Å². The third-order valence-electron chi connectivity index (χ3n) is 2.81. The summed E-state index contributed by atoms with van der Waals surface area (Å²) in [6.07, 6.45) is 1.75. The summed E-state index contributed by atoms with van der Waals surface area (Å²) in [5.41, 5.74) is 8.80. The molecule has 0 saturated carbocycles. The van der Waals surface area contributed by atoms with Crippen molar-refractivity contribution in [3.05, 3.63) is 54.2 Å². The van der Waals surface area contributed by atoms with E-state index in [1.165, 1.54) is 16.9 Å². The number of nitrogen functional groups attached to an aromatic ring is 1. The van der Waals surface area contributed by atoms with Crippen LogP contribution in [0, 0.1) is 6.92 Å². The van der Waals surface area contributed by atoms with Gasteiger partial charge in [0.05, 0.1) is 15.6 Å². The highest BCUT2D eigenvalue weighted by molar-refractivity contribution is 7.19. The van der Waals surface area contributed by atoms with E-state index in [-0.39, 0.29) is 0 Å². The Hall–Kier alpha value is -2.40. The molecule has 114 valence electrons. The molecule has 0 aliphatic rings. The number of nitrogens with zero attached hydrogens (tertiary/aromatic N) is 2. The Labute approximate surface area is 135 Å². The quantitative estimate of drug-likeness (QED) is 0.724. The zero-order valence-corrected chi connectivity index (χ0v) is 13.8. The van der Waals surface area contributed by atoms with Crippen LogP contribution in [-0.4, -0.2) is 9.97 Å². The average molecular weight is 312 g/mol. The normalized spacial score (nSPS) is 9.77. The van der Waals surface area contributed by atoms with Crippen molar-refractivity contribution >= 4 is 28.0 Å². The van der Waals surface area contributed by atoms with Crippen molar-refractivity contribution in [2.45, 2.75) is 20.8 Å². The highest BCUT2D eigenvalue weighted by atomic mass is 32.1. The van der Waals surface area contributed by atoms with Gasteiger partial charge in [-0.3, -0.25) is 0 Å². The third-order valence-corrected chi connectivity index (χ3v) is 3.75. The number of nitrogens with one attached hydrogen (secondary N) is 1. The molecule has 0 atom stereocenters. The monoisotopic (exact) mass is 312 g/mol. The van der Waals surface area contributed by atoms with Gasteiger partial charge < -0.3 is 11.1 Å². The fourth-order valence-electron chi connectivity index (χ4n) is 1.90. The van der Waals surface area contributed by atoms with E-state index in [1.807, 2.05) is 44.2 Å². The molecular formula is C17H20N4S. The van der Waals surface area contributed by atoms with Crippen molar-refractivity contribution in [2.75, 3.05) is 11.1 Å². The molecule has 3 N–H and O–H groups in total. The van der Waals surface area contributed by atoms with Crippen LogP contribution in [0.2, 0.25) is 0 Å². The number of nitrogens with two attached hydrogens (primary N) is 1. The fraction of sp³-hybridized carbons (Fsp3) is 0.176. The van der Waals surface area contributed by atoms with E-state index < -0.39 is 0 Å². The lowest BCUT2D eigenvalue weighted by molar-refractivity contribution is 1.17. The van der Waals surface area contributed by atoms with Gasteiger partial charge in [-0.25, -0.2) is 9.97 Å². The number of anilines is 3. The molecule has 0 aliphatic carbocycles. The Bertz CT molecular complexity index is 737. The van der Waals surface area contributed by atoms with Crippen LogP contribution >= 0.6 is 11.3 Å². The standard InChI is InChI=1S/C15H14N4S.C2H6/c1-10-3-2-4-11(9-10)18-15-17-8-7-12(19-15)13-5-6-14(16)20-13;1-2/h2-9H,16H2,1H3,(H,17,18,19);1-2H3. The van der Waals surface area contributed by atoms with E-state index in [0.29, 0.717) is 5.95 Å². The predicted molar refractivity (Wildman–Crippen MR) is 95.6 cm³/mol. The largest absolute Gasteiger partial charge is 0.391 e. The number of thiophene rings is 1. The van der Waals surface area contributed by atoms with Gasteiger partial charge in [-0.05, 0) is 42.8 Å². The Kier molecular flexibility index (Phi) is 5.49. The maximum atomic E-state index is 5.75. The Morgan fingerprint density at radius 2 is 1.91 bits per heavy atom. The van der Waals surface area contributed by atoms with E-state index in [4.69, 9.17) is 5.73 Å². The van der Waals surface area contributed by atoms with Crippen LogP contribution in [0.25, 0.3) is 10.6 Å². The summed E-state index contributed by atoms with van der Waals surface area (Å²) in [6.45, 7) is 6.05. The molecule has 2 aromatic heterocycles. The number of aromatic nitrogens is 2. The van der Waals surface area contributed by atoms with Crippen molar-refractivity contribution in [1.82, 2.24) is 9.97 Å². The summed E-state index contributed by atoms with van der Waals surface area (Å²) in [6, 6.07) is 13.8. The minimum absolute atomic E-state index is 0.583. The van der Waals surface area contributed by atoms with E-state index in [9.17, 15) is 0 Å². The second-order valence-electron chi connectivity index (χ2n) is 4.46. The number of hydrogen-bond donors (Lipinski definition) is 2. The average Bonchev–Trinajstić information content (AvgIpc) is 2.96. The lowest BCUT2D eigenvalue weighted by atomic mass is 10.2. The fourth-order valence-corrected chi connectivity index (χ4v) is 2.64. The molecule has 0 spiro atoms. The van der Waals surface area contributed by atoms with Crippen LogP contribution in [0.1, 0.15) is 19.4 Å². The molecule has 0 radical (unpaired) electrons. The number of rotatable bonds is 3. The molecule has 1 aromatic carbocycles. The first-order valence-electron chi connectivity index (χ1n) is 7.23. The van der Waals surface area contributed by atoms with Crippen LogP contribution in [0.15, 0.2) is 48.7 Å². The van der Waals surface area contributed by atoms with Gasteiger partial charge in [-0.1, -0.05) is 26.0 Å². The first kappa shape index (κ1) is 16.0. The number of hydrogen-bond acceptors (Lipinski definition) is 5. The Morgan fingerprint density at radius 1 is 1.09 bits per heavy atom. The molecule has 0 saturated heterocycles. The molecular weight excluding hydrogens is 292 g/mol. The molecule has 0 unspecified atom stereocenters. The molecule has 0 aliphatic heterocycles. The van der Waals surface area contributed by atoms with Gasteiger partial charge in [0.15, 0.2) is 0 Å². The predicted octanol–water partition coefficient (Wildman–Crippen LogP) is 4.87. The molecule has 0 fully saturated rings. The van der Waals surface area contributed by atoms with Crippen LogP contribution in [0.5, 0.6) is 0 Å². The van der Waals surface area contributed by atoms with E-state index >= 15 is 0 Å². The molecule has 4 nitrogen and oxygen atoms in total. The molecule has 0 bridgehead atoms. The second-order valence-corrected chi connectivity index (χ2v) is 5.58.